The van der Waals surface area contributed by atoms with Gasteiger partial charge < -0.3 is 19.6 Å². The summed E-state index contributed by atoms with van der Waals surface area (Å²) in [7, 11) is 2.12. The summed E-state index contributed by atoms with van der Waals surface area (Å²) in [5.41, 5.74) is 2.20. The number of hydrogen-bond acceptors (Lipinski definition) is 6. The number of anilines is 1. The Balaban J connectivity index is 1.66. The molecule has 0 atom stereocenters. The van der Waals surface area contributed by atoms with Crippen molar-refractivity contribution < 1.29 is 9.32 Å². The highest BCUT2D eigenvalue weighted by Crippen LogP contribution is 2.15. The van der Waals surface area contributed by atoms with Crippen LogP contribution in [-0.2, 0) is 13.0 Å². The van der Waals surface area contributed by atoms with E-state index in [1.165, 1.54) is 0 Å². The molecule has 3 heterocycles. The van der Waals surface area contributed by atoms with E-state index < -0.39 is 0 Å². The zero-order valence-electron chi connectivity index (χ0n) is 15.1. The number of rotatable bonds is 5. The van der Waals surface area contributed by atoms with E-state index in [4.69, 9.17) is 4.52 Å². The van der Waals surface area contributed by atoms with Crippen LogP contribution in [0.4, 0.5) is 5.82 Å². The number of amides is 1. The van der Waals surface area contributed by atoms with Crippen LogP contribution >= 0.6 is 0 Å². The van der Waals surface area contributed by atoms with Gasteiger partial charge in [-0.15, -0.1) is 0 Å². The first-order valence-electron chi connectivity index (χ1n) is 8.71. The second kappa shape index (κ2) is 7.65. The smallest absolute Gasteiger partial charge is 0.270 e. The van der Waals surface area contributed by atoms with Crippen molar-refractivity contribution in [2.45, 2.75) is 26.8 Å². The molecule has 7 heteroatoms. The maximum atomic E-state index is 12.5. The fourth-order valence-corrected chi connectivity index (χ4v) is 2.96. The number of carbonyl (C=O) groups excluding carboxylic acids is 1. The molecule has 0 saturated carbocycles. The van der Waals surface area contributed by atoms with Gasteiger partial charge in [-0.05, 0) is 26.1 Å². The Morgan fingerprint density at radius 3 is 2.76 bits per heavy atom. The second-order valence-corrected chi connectivity index (χ2v) is 6.38. The molecule has 7 nitrogen and oxygen atoms in total. The lowest BCUT2D eigenvalue weighted by Crippen LogP contribution is -2.45. The molecule has 1 N–H and O–H groups in total. The van der Waals surface area contributed by atoms with Crippen LogP contribution < -0.4 is 10.2 Å². The quantitative estimate of drug-likeness (QED) is 0.889. The standard InChI is InChI=1S/C18H25N5O2/c1-4-16-14(13(2)21-25-16)12-19-18(24)15-6-5-7-17(20-15)23-10-8-22(3)9-11-23/h5-7H,4,8-12H2,1-3H3,(H,19,24). The van der Waals surface area contributed by atoms with Gasteiger partial charge >= 0.3 is 0 Å². The molecule has 25 heavy (non-hydrogen) atoms. The fourth-order valence-electron chi connectivity index (χ4n) is 2.96. The minimum absolute atomic E-state index is 0.182. The molecule has 134 valence electrons. The summed E-state index contributed by atoms with van der Waals surface area (Å²) < 4.78 is 5.26. The summed E-state index contributed by atoms with van der Waals surface area (Å²) in [5, 5.41) is 6.89. The first kappa shape index (κ1) is 17.4. The number of nitrogens with one attached hydrogen (secondary N) is 1. The zero-order chi connectivity index (χ0) is 17.8. The first-order chi connectivity index (χ1) is 12.1. The molecule has 0 aromatic carbocycles. The lowest BCUT2D eigenvalue weighted by molar-refractivity contribution is 0.0946. The Morgan fingerprint density at radius 2 is 2.04 bits per heavy atom. The van der Waals surface area contributed by atoms with Gasteiger partial charge in [-0.3, -0.25) is 4.79 Å². The molecule has 0 spiro atoms. The zero-order valence-corrected chi connectivity index (χ0v) is 15.1. The van der Waals surface area contributed by atoms with Crippen LogP contribution in [0.5, 0.6) is 0 Å². The van der Waals surface area contributed by atoms with Crippen LogP contribution in [0.15, 0.2) is 22.7 Å². The Hall–Kier alpha value is -2.41. The van der Waals surface area contributed by atoms with Gasteiger partial charge in [0.15, 0.2) is 0 Å². The Morgan fingerprint density at radius 1 is 1.28 bits per heavy atom. The molecule has 0 unspecified atom stereocenters. The molecule has 0 aliphatic carbocycles. The molecule has 2 aromatic heterocycles. The maximum Gasteiger partial charge on any atom is 0.270 e. The molecule has 0 bridgehead atoms. The van der Waals surface area contributed by atoms with E-state index in [1.54, 1.807) is 6.07 Å². The number of pyridine rings is 1. The summed E-state index contributed by atoms with van der Waals surface area (Å²) in [5.74, 6) is 1.49. The largest absolute Gasteiger partial charge is 0.361 e. The van der Waals surface area contributed by atoms with Gasteiger partial charge in [0.05, 0.1) is 5.69 Å². The van der Waals surface area contributed by atoms with E-state index in [1.807, 2.05) is 26.0 Å². The van der Waals surface area contributed by atoms with E-state index in [0.717, 1.165) is 55.4 Å². The van der Waals surface area contributed by atoms with E-state index in [0.29, 0.717) is 12.2 Å². The molecular formula is C18H25N5O2. The predicted octanol–water partition coefficient (Wildman–Crippen LogP) is 1.62. The summed E-state index contributed by atoms with van der Waals surface area (Å²) in [6.45, 7) is 8.15. The Labute approximate surface area is 148 Å². The SMILES string of the molecule is CCc1onc(C)c1CNC(=O)c1cccc(N2CCN(C)CC2)n1. The summed E-state index contributed by atoms with van der Waals surface area (Å²) >= 11 is 0. The van der Waals surface area contributed by atoms with E-state index in [9.17, 15) is 4.79 Å². The molecule has 1 aliphatic heterocycles. The van der Waals surface area contributed by atoms with Crippen molar-refractivity contribution >= 4 is 11.7 Å². The third-order valence-corrected chi connectivity index (χ3v) is 4.61. The minimum atomic E-state index is -0.182. The van der Waals surface area contributed by atoms with E-state index >= 15 is 0 Å². The molecule has 3 rings (SSSR count). The summed E-state index contributed by atoms with van der Waals surface area (Å²) in [6.07, 6.45) is 0.753. The van der Waals surface area contributed by atoms with Crippen molar-refractivity contribution in [1.82, 2.24) is 20.4 Å². The van der Waals surface area contributed by atoms with Crippen LogP contribution in [0, 0.1) is 6.92 Å². The van der Waals surface area contributed by atoms with Crippen LogP contribution in [0.3, 0.4) is 0 Å². The number of carbonyl (C=O) groups is 1. The molecule has 2 aromatic rings. The van der Waals surface area contributed by atoms with Crippen LogP contribution in [-0.4, -0.2) is 54.2 Å². The number of aromatic nitrogens is 2. The van der Waals surface area contributed by atoms with Gasteiger partial charge in [-0.2, -0.15) is 0 Å². The van der Waals surface area contributed by atoms with Gasteiger partial charge in [-0.1, -0.05) is 18.1 Å². The molecule has 1 amide bonds. The fraction of sp³-hybridized carbons (Fsp3) is 0.500. The van der Waals surface area contributed by atoms with Crippen LogP contribution in [0.1, 0.15) is 34.4 Å². The molecule has 1 aliphatic rings. The average Bonchev–Trinajstić information content (AvgIpc) is 3.00. The van der Waals surface area contributed by atoms with E-state index in [-0.39, 0.29) is 5.91 Å². The number of hydrogen-bond donors (Lipinski definition) is 1. The monoisotopic (exact) mass is 343 g/mol. The average molecular weight is 343 g/mol. The number of nitrogens with zero attached hydrogens (tertiary/aromatic N) is 4. The van der Waals surface area contributed by atoms with Crippen molar-refractivity contribution in [3.63, 3.8) is 0 Å². The number of aryl methyl sites for hydroxylation is 2. The highest BCUT2D eigenvalue weighted by molar-refractivity contribution is 5.92. The normalized spacial score (nSPS) is 15.4. The number of likely N-dealkylation sites (N-methyl/N-ethyl adjacent to an activating group) is 1. The first-order valence-corrected chi connectivity index (χ1v) is 8.71. The Bertz CT molecular complexity index is 735. The Kier molecular flexibility index (Phi) is 5.33. The van der Waals surface area contributed by atoms with Crippen molar-refractivity contribution in [3.8, 4) is 0 Å². The summed E-state index contributed by atoms with van der Waals surface area (Å²) in [4.78, 5) is 21.5. The summed E-state index contributed by atoms with van der Waals surface area (Å²) in [6, 6.07) is 5.59. The maximum absolute atomic E-state index is 12.5. The van der Waals surface area contributed by atoms with Crippen LogP contribution in [0.25, 0.3) is 0 Å². The predicted molar refractivity (Wildman–Crippen MR) is 95.7 cm³/mol. The van der Waals surface area contributed by atoms with Crippen molar-refractivity contribution in [1.29, 1.82) is 0 Å². The van der Waals surface area contributed by atoms with Crippen molar-refractivity contribution in [3.05, 3.63) is 40.9 Å². The van der Waals surface area contributed by atoms with Gasteiger partial charge in [-0.25, -0.2) is 4.98 Å². The molecular weight excluding hydrogens is 318 g/mol. The lowest BCUT2D eigenvalue weighted by atomic mass is 10.1. The minimum Gasteiger partial charge on any atom is -0.361 e. The van der Waals surface area contributed by atoms with E-state index in [2.05, 4.69) is 32.3 Å². The third kappa shape index (κ3) is 3.99. The molecule has 1 saturated heterocycles. The van der Waals surface area contributed by atoms with Crippen molar-refractivity contribution in [2.24, 2.45) is 0 Å². The number of piperazine rings is 1. The highest BCUT2D eigenvalue weighted by Gasteiger charge is 2.18. The van der Waals surface area contributed by atoms with Crippen LogP contribution in [0.2, 0.25) is 0 Å². The third-order valence-electron chi connectivity index (χ3n) is 4.61. The van der Waals surface area contributed by atoms with Gasteiger partial charge in [0, 0.05) is 44.7 Å². The van der Waals surface area contributed by atoms with Gasteiger partial charge in [0.25, 0.3) is 5.91 Å². The topological polar surface area (TPSA) is 74.5 Å². The van der Waals surface area contributed by atoms with Gasteiger partial charge in [0.2, 0.25) is 0 Å². The van der Waals surface area contributed by atoms with Gasteiger partial charge in [0.1, 0.15) is 17.3 Å². The van der Waals surface area contributed by atoms with Crippen molar-refractivity contribution in [2.75, 3.05) is 38.1 Å². The highest BCUT2D eigenvalue weighted by atomic mass is 16.5. The molecule has 1 fully saturated rings. The molecule has 0 radical (unpaired) electrons. The lowest BCUT2D eigenvalue weighted by Gasteiger charge is -2.33. The second-order valence-electron chi connectivity index (χ2n) is 6.38.